The maximum atomic E-state index is 12.5. The summed E-state index contributed by atoms with van der Waals surface area (Å²) < 4.78 is 12.5. The first-order chi connectivity index (χ1) is 6.36. The molecule has 1 unspecified atom stereocenters. The van der Waals surface area contributed by atoms with Gasteiger partial charge in [0.1, 0.15) is 5.82 Å². The predicted molar refractivity (Wildman–Crippen MR) is 54.1 cm³/mol. The SMILES string of the molecule is Cl.Fc1cnc(C2CCCNC2)nc1. The van der Waals surface area contributed by atoms with Gasteiger partial charge >= 0.3 is 0 Å². The summed E-state index contributed by atoms with van der Waals surface area (Å²) in [5.41, 5.74) is 0. The maximum absolute atomic E-state index is 12.5. The summed E-state index contributed by atoms with van der Waals surface area (Å²) in [5, 5.41) is 3.27. The molecule has 1 atom stereocenters. The van der Waals surface area contributed by atoms with Crippen molar-refractivity contribution in [3.05, 3.63) is 24.0 Å². The Morgan fingerprint density at radius 2 is 2.07 bits per heavy atom. The molecule has 1 aromatic rings. The molecule has 5 heteroatoms. The van der Waals surface area contributed by atoms with Crippen molar-refractivity contribution >= 4 is 12.4 Å². The lowest BCUT2D eigenvalue weighted by Crippen LogP contribution is -2.29. The quantitative estimate of drug-likeness (QED) is 0.775. The molecular weight excluding hydrogens is 205 g/mol. The number of nitrogens with zero attached hydrogens (tertiary/aromatic N) is 2. The van der Waals surface area contributed by atoms with Gasteiger partial charge in [-0.05, 0) is 19.4 Å². The van der Waals surface area contributed by atoms with Gasteiger partial charge in [0, 0.05) is 12.5 Å². The van der Waals surface area contributed by atoms with Crippen molar-refractivity contribution in [2.45, 2.75) is 18.8 Å². The van der Waals surface area contributed by atoms with E-state index in [0.717, 1.165) is 31.8 Å². The molecule has 1 fully saturated rings. The van der Waals surface area contributed by atoms with Gasteiger partial charge in [0.05, 0.1) is 12.4 Å². The monoisotopic (exact) mass is 217 g/mol. The van der Waals surface area contributed by atoms with Crippen molar-refractivity contribution in [3.8, 4) is 0 Å². The van der Waals surface area contributed by atoms with E-state index >= 15 is 0 Å². The van der Waals surface area contributed by atoms with Crippen LogP contribution in [0.1, 0.15) is 24.6 Å². The van der Waals surface area contributed by atoms with E-state index in [0.29, 0.717) is 5.92 Å². The minimum atomic E-state index is -0.368. The smallest absolute Gasteiger partial charge is 0.159 e. The standard InChI is InChI=1S/C9H12FN3.ClH/c10-8-5-12-9(13-6-8)7-2-1-3-11-4-7;/h5-7,11H,1-4H2;1H. The van der Waals surface area contributed by atoms with Crippen LogP contribution in [-0.2, 0) is 0 Å². The summed E-state index contributed by atoms with van der Waals surface area (Å²) >= 11 is 0. The average Bonchev–Trinajstić information content (AvgIpc) is 2.20. The molecule has 3 nitrogen and oxygen atoms in total. The number of hydrogen-bond acceptors (Lipinski definition) is 3. The van der Waals surface area contributed by atoms with Gasteiger partial charge in [-0.2, -0.15) is 0 Å². The second-order valence-corrected chi connectivity index (χ2v) is 3.30. The summed E-state index contributed by atoms with van der Waals surface area (Å²) in [6.07, 6.45) is 4.71. The third kappa shape index (κ3) is 2.62. The van der Waals surface area contributed by atoms with E-state index in [4.69, 9.17) is 0 Å². The Hall–Kier alpha value is -0.740. The van der Waals surface area contributed by atoms with Crippen LogP contribution in [0, 0.1) is 5.82 Å². The highest BCUT2D eigenvalue weighted by Gasteiger charge is 2.17. The highest BCUT2D eigenvalue weighted by molar-refractivity contribution is 5.85. The van der Waals surface area contributed by atoms with Gasteiger partial charge in [-0.3, -0.25) is 0 Å². The summed E-state index contributed by atoms with van der Waals surface area (Å²) in [6, 6.07) is 0. The van der Waals surface area contributed by atoms with E-state index in [2.05, 4.69) is 15.3 Å². The molecule has 0 aliphatic carbocycles. The van der Waals surface area contributed by atoms with E-state index in [1.54, 1.807) is 0 Å². The Kier molecular flexibility index (Phi) is 4.22. The van der Waals surface area contributed by atoms with Crippen LogP contribution in [0.25, 0.3) is 0 Å². The summed E-state index contributed by atoms with van der Waals surface area (Å²) in [7, 11) is 0. The first-order valence-electron chi connectivity index (χ1n) is 4.54. The van der Waals surface area contributed by atoms with Gasteiger partial charge in [0.15, 0.2) is 5.82 Å². The molecular formula is C9H13ClFN3. The first-order valence-corrected chi connectivity index (χ1v) is 4.54. The van der Waals surface area contributed by atoms with Gasteiger partial charge in [0.25, 0.3) is 0 Å². The third-order valence-corrected chi connectivity index (χ3v) is 2.30. The molecule has 0 saturated carbocycles. The van der Waals surface area contributed by atoms with E-state index in [1.165, 1.54) is 12.4 Å². The van der Waals surface area contributed by atoms with E-state index in [-0.39, 0.29) is 18.2 Å². The van der Waals surface area contributed by atoms with Crippen molar-refractivity contribution in [3.63, 3.8) is 0 Å². The Morgan fingerprint density at radius 1 is 1.36 bits per heavy atom. The normalized spacial score (nSPS) is 21.4. The lowest BCUT2D eigenvalue weighted by molar-refractivity contribution is 0.444. The Bertz CT molecular complexity index is 272. The number of piperidine rings is 1. The zero-order chi connectivity index (χ0) is 9.10. The molecule has 1 aliphatic heterocycles. The van der Waals surface area contributed by atoms with Crippen molar-refractivity contribution in [1.29, 1.82) is 0 Å². The minimum absolute atomic E-state index is 0. The third-order valence-electron chi connectivity index (χ3n) is 2.30. The Labute approximate surface area is 88.6 Å². The van der Waals surface area contributed by atoms with E-state index < -0.39 is 0 Å². The number of nitrogens with one attached hydrogen (secondary N) is 1. The second kappa shape index (κ2) is 5.22. The highest BCUT2D eigenvalue weighted by Crippen LogP contribution is 2.18. The van der Waals surface area contributed by atoms with Gasteiger partial charge in [-0.25, -0.2) is 14.4 Å². The molecule has 0 amide bonds. The molecule has 78 valence electrons. The lowest BCUT2D eigenvalue weighted by atomic mass is 9.99. The van der Waals surface area contributed by atoms with Crippen LogP contribution in [0.15, 0.2) is 12.4 Å². The fourth-order valence-electron chi connectivity index (χ4n) is 1.61. The van der Waals surface area contributed by atoms with Crippen LogP contribution in [0.2, 0.25) is 0 Å². The molecule has 0 radical (unpaired) electrons. The van der Waals surface area contributed by atoms with Crippen LogP contribution in [-0.4, -0.2) is 23.1 Å². The predicted octanol–water partition coefficient (Wildman–Crippen LogP) is 1.50. The van der Waals surface area contributed by atoms with Crippen molar-refractivity contribution in [1.82, 2.24) is 15.3 Å². The second-order valence-electron chi connectivity index (χ2n) is 3.30. The highest BCUT2D eigenvalue weighted by atomic mass is 35.5. The lowest BCUT2D eigenvalue weighted by Gasteiger charge is -2.20. The van der Waals surface area contributed by atoms with Crippen LogP contribution in [0.4, 0.5) is 4.39 Å². The fourth-order valence-corrected chi connectivity index (χ4v) is 1.61. The Morgan fingerprint density at radius 3 is 2.64 bits per heavy atom. The number of hydrogen-bond donors (Lipinski definition) is 1. The average molecular weight is 218 g/mol. The van der Waals surface area contributed by atoms with Crippen molar-refractivity contribution in [2.24, 2.45) is 0 Å². The summed E-state index contributed by atoms with van der Waals surface area (Å²) in [5.74, 6) is 0.746. The number of halogens is 2. The van der Waals surface area contributed by atoms with Gasteiger partial charge < -0.3 is 5.32 Å². The van der Waals surface area contributed by atoms with Gasteiger partial charge in [0.2, 0.25) is 0 Å². The molecule has 2 rings (SSSR count). The van der Waals surface area contributed by atoms with Crippen LogP contribution < -0.4 is 5.32 Å². The van der Waals surface area contributed by atoms with Crippen LogP contribution in [0.5, 0.6) is 0 Å². The molecule has 1 aliphatic rings. The van der Waals surface area contributed by atoms with Crippen LogP contribution >= 0.6 is 12.4 Å². The van der Waals surface area contributed by atoms with Crippen molar-refractivity contribution in [2.75, 3.05) is 13.1 Å². The van der Waals surface area contributed by atoms with Crippen LogP contribution in [0.3, 0.4) is 0 Å². The van der Waals surface area contributed by atoms with Crippen molar-refractivity contribution < 1.29 is 4.39 Å². The zero-order valence-corrected chi connectivity index (χ0v) is 8.56. The molecule has 0 bridgehead atoms. The fraction of sp³-hybridized carbons (Fsp3) is 0.556. The topological polar surface area (TPSA) is 37.8 Å². The summed E-state index contributed by atoms with van der Waals surface area (Å²) in [4.78, 5) is 7.95. The largest absolute Gasteiger partial charge is 0.316 e. The molecule has 1 aromatic heterocycles. The summed E-state index contributed by atoms with van der Waals surface area (Å²) in [6.45, 7) is 1.98. The molecule has 14 heavy (non-hydrogen) atoms. The molecule has 1 N–H and O–H groups in total. The van der Waals surface area contributed by atoms with E-state index in [1.807, 2.05) is 0 Å². The van der Waals surface area contributed by atoms with E-state index in [9.17, 15) is 4.39 Å². The first kappa shape index (κ1) is 11.3. The van der Waals surface area contributed by atoms with Gasteiger partial charge in [-0.15, -0.1) is 12.4 Å². The molecule has 0 aromatic carbocycles. The molecule has 0 spiro atoms. The van der Waals surface area contributed by atoms with Gasteiger partial charge in [-0.1, -0.05) is 0 Å². The maximum Gasteiger partial charge on any atom is 0.159 e. The Balaban J connectivity index is 0.000000980. The number of aromatic nitrogens is 2. The zero-order valence-electron chi connectivity index (χ0n) is 7.74. The molecule has 2 heterocycles. The minimum Gasteiger partial charge on any atom is -0.316 e. The number of rotatable bonds is 1. The molecule has 1 saturated heterocycles.